The second-order valence-electron chi connectivity index (χ2n) is 9.43. The highest BCUT2D eigenvalue weighted by molar-refractivity contribution is 6.99. The highest BCUT2D eigenvalue weighted by atomic mass is 28.4. The SMILES string of the molecule is CC(C)(NCCO[Si](c1ccccc1)(c1ccccc1)C(C)(C)C)c1ccccc1. The lowest BCUT2D eigenvalue weighted by Gasteiger charge is -2.43. The lowest BCUT2D eigenvalue weighted by molar-refractivity contribution is 0.271. The Morgan fingerprint density at radius 3 is 1.53 bits per heavy atom. The number of hydrogen-bond donors (Lipinski definition) is 1. The van der Waals surface area contributed by atoms with Gasteiger partial charge in [-0.1, -0.05) is 112 Å². The summed E-state index contributed by atoms with van der Waals surface area (Å²) in [6.07, 6.45) is 0. The van der Waals surface area contributed by atoms with Crippen LogP contribution in [0.2, 0.25) is 5.04 Å². The van der Waals surface area contributed by atoms with Gasteiger partial charge >= 0.3 is 0 Å². The van der Waals surface area contributed by atoms with Crippen LogP contribution in [0, 0.1) is 0 Å². The van der Waals surface area contributed by atoms with E-state index in [4.69, 9.17) is 4.43 Å². The average Bonchev–Trinajstić information content (AvgIpc) is 2.75. The van der Waals surface area contributed by atoms with Crippen LogP contribution in [0.5, 0.6) is 0 Å². The molecule has 3 aromatic rings. The summed E-state index contributed by atoms with van der Waals surface area (Å²) >= 11 is 0. The first-order valence-corrected chi connectivity index (χ1v) is 12.7. The summed E-state index contributed by atoms with van der Waals surface area (Å²) in [6.45, 7) is 12.9. The molecule has 3 rings (SSSR count). The van der Waals surface area contributed by atoms with Crippen LogP contribution < -0.4 is 15.7 Å². The van der Waals surface area contributed by atoms with Gasteiger partial charge in [0, 0.05) is 18.7 Å². The molecule has 1 N–H and O–H groups in total. The van der Waals surface area contributed by atoms with E-state index in [9.17, 15) is 0 Å². The first-order valence-electron chi connectivity index (χ1n) is 10.8. The van der Waals surface area contributed by atoms with Crippen molar-refractivity contribution in [3.8, 4) is 0 Å². The van der Waals surface area contributed by atoms with Crippen LogP contribution in [0.15, 0.2) is 91.0 Å². The fourth-order valence-electron chi connectivity index (χ4n) is 4.29. The fourth-order valence-corrected chi connectivity index (χ4v) is 8.85. The van der Waals surface area contributed by atoms with Crippen molar-refractivity contribution in [2.24, 2.45) is 0 Å². The number of benzene rings is 3. The number of hydrogen-bond acceptors (Lipinski definition) is 2. The van der Waals surface area contributed by atoms with Crippen LogP contribution in [0.4, 0.5) is 0 Å². The molecule has 0 aromatic heterocycles. The maximum atomic E-state index is 6.97. The summed E-state index contributed by atoms with van der Waals surface area (Å²) in [4.78, 5) is 0. The molecule has 0 aliphatic heterocycles. The maximum Gasteiger partial charge on any atom is 0.261 e. The van der Waals surface area contributed by atoms with Crippen molar-refractivity contribution >= 4 is 18.7 Å². The Kier molecular flexibility index (Phi) is 6.97. The van der Waals surface area contributed by atoms with Gasteiger partial charge in [0.15, 0.2) is 0 Å². The van der Waals surface area contributed by atoms with Crippen molar-refractivity contribution < 1.29 is 4.43 Å². The Morgan fingerprint density at radius 2 is 1.10 bits per heavy atom. The topological polar surface area (TPSA) is 21.3 Å². The van der Waals surface area contributed by atoms with Crippen molar-refractivity contribution in [3.05, 3.63) is 96.6 Å². The van der Waals surface area contributed by atoms with Gasteiger partial charge in [-0.2, -0.15) is 0 Å². The van der Waals surface area contributed by atoms with E-state index in [0.29, 0.717) is 6.61 Å². The van der Waals surface area contributed by atoms with Gasteiger partial charge in [0.1, 0.15) is 0 Å². The van der Waals surface area contributed by atoms with Gasteiger partial charge in [0.2, 0.25) is 0 Å². The molecule has 2 nitrogen and oxygen atoms in total. The minimum absolute atomic E-state index is 0.00462. The molecule has 0 unspecified atom stereocenters. The Morgan fingerprint density at radius 1 is 0.667 bits per heavy atom. The van der Waals surface area contributed by atoms with Gasteiger partial charge in [-0.15, -0.1) is 0 Å². The summed E-state index contributed by atoms with van der Waals surface area (Å²) in [6, 6.07) is 32.3. The molecular weight excluding hydrogens is 382 g/mol. The largest absolute Gasteiger partial charge is 0.406 e. The molecule has 0 radical (unpaired) electrons. The molecule has 0 saturated heterocycles. The molecule has 0 aliphatic rings. The fraction of sp³-hybridized carbons (Fsp3) is 0.333. The first kappa shape index (κ1) is 22.5. The molecule has 0 heterocycles. The third kappa shape index (κ3) is 4.75. The monoisotopic (exact) mass is 417 g/mol. The summed E-state index contributed by atoms with van der Waals surface area (Å²) in [5.74, 6) is 0. The molecule has 30 heavy (non-hydrogen) atoms. The van der Waals surface area contributed by atoms with Crippen molar-refractivity contribution in [2.75, 3.05) is 13.2 Å². The van der Waals surface area contributed by atoms with Gasteiger partial charge in [0.05, 0.1) is 0 Å². The lowest BCUT2D eigenvalue weighted by Crippen LogP contribution is -2.67. The van der Waals surface area contributed by atoms with Crippen molar-refractivity contribution in [1.29, 1.82) is 0 Å². The standard InChI is InChI=1S/C27H35NOSi/c1-26(2,3)30(24-17-11-7-12-18-24,25-19-13-8-14-20-25)29-22-21-28-27(4,5)23-15-9-6-10-16-23/h6-20,28H,21-22H2,1-5H3. The molecule has 0 aliphatic carbocycles. The highest BCUT2D eigenvalue weighted by Gasteiger charge is 2.50. The minimum Gasteiger partial charge on any atom is -0.406 e. The smallest absolute Gasteiger partial charge is 0.261 e. The summed E-state index contributed by atoms with van der Waals surface area (Å²) in [5, 5.41) is 6.35. The van der Waals surface area contributed by atoms with Crippen LogP contribution in [0.1, 0.15) is 40.2 Å². The molecule has 3 heteroatoms. The lowest BCUT2D eigenvalue weighted by atomic mass is 9.94. The molecule has 3 aromatic carbocycles. The van der Waals surface area contributed by atoms with Gasteiger partial charge in [-0.25, -0.2) is 0 Å². The summed E-state index contributed by atoms with van der Waals surface area (Å²) in [7, 11) is -2.46. The average molecular weight is 418 g/mol. The zero-order chi connectivity index (χ0) is 21.7. The molecule has 0 spiro atoms. The van der Waals surface area contributed by atoms with Gasteiger partial charge in [-0.05, 0) is 34.8 Å². The van der Waals surface area contributed by atoms with Gasteiger partial charge in [0.25, 0.3) is 8.32 Å². The van der Waals surface area contributed by atoms with E-state index < -0.39 is 8.32 Å². The van der Waals surface area contributed by atoms with E-state index in [1.165, 1.54) is 15.9 Å². The molecule has 0 bridgehead atoms. The van der Waals surface area contributed by atoms with E-state index in [2.05, 4.69) is 131 Å². The van der Waals surface area contributed by atoms with Crippen molar-refractivity contribution in [1.82, 2.24) is 5.32 Å². The second-order valence-corrected chi connectivity index (χ2v) is 13.7. The second kappa shape index (κ2) is 9.30. The normalized spacial score (nSPS) is 12.7. The molecule has 158 valence electrons. The zero-order valence-corrected chi connectivity index (χ0v) is 20.0. The highest BCUT2D eigenvalue weighted by Crippen LogP contribution is 2.36. The first-order chi connectivity index (χ1) is 14.3. The minimum atomic E-state index is -2.46. The Labute approximate surface area is 183 Å². The van der Waals surface area contributed by atoms with E-state index in [1.54, 1.807) is 0 Å². The summed E-state index contributed by atoms with van der Waals surface area (Å²) in [5.41, 5.74) is 1.19. The molecule has 0 amide bonds. The molecular formula is C27H35NOSi. The third-order valence-electron chi connectivity index (χ3n) is 5.90. The van der Waals surface area contributed by atoms with Crippen LogP contribution >= 0.6 is 0 Å². The van der Waals surface area contributed by atoms with Crippen LogP contribution in [0.25, 0.3) is 0 Å². The molecule has 0 atom stereocenters. The van der Waals surface area contributed by atoms with Crippen LogP contribution in [-0.4, -0.2) is 21.5 Å². The Hall–Kier alpha value is -2.20. The van der Waals surface area contributed by atoms with Gasteiger partial charge < -0.3 is 9.74 Å². The van der Waals surface area contributed by atoms with Gasteiger partial charge in [-0.3, -0.25) is 0 Å². The third-order valence-corrected chi connectivity index (χ3v) is 10.9. The van der Waals surface area contributed by atoms with Crippen LogP contribution in [0.3, 0.4) is 0 Å². The van der Waals surface area contributed by atoms with Crippen molar-refractivity contribution in [2.45, 2.75) is 45.2 Å². The molecule has 0 fully saturated rings. The van der Waals surface area contributed by atoms with E-state index in [-0.39, 0.29) is 10.6 Å². The van der Waals surface area contributed by atoms with E-state index in [0.717, 1.165) is 6.54 Å². The Bertz CT molecular complexity index is 862. The maximum absolute atomic E-state index is 6.97. The summed E-state index contributed by atoms with van der Waals surface area (Å²) < 4.78 is 6.97. The quantitative estimate of drug-likeness (QED) is 0.407. The van der Waals surface area contributed by atoms with Crippen molar-refractivity contribution in [3.63, 3.8) is 0 Å². The number of rotatable bonds is 8. The Balaban J connectivity index is 1.85. The predicted molar refractivity (Wildman–Crippen MR) is 131 cm³/mol. The van der Waals surface area contributed by atoms with E-state index in [1.807, 2.05) is 0 Å². The number of nitrogens with one attached hydrogen (secondary N) is 1. The van der Waals surface area contributed by atoms with E-state index >= 15 is 0 Å². The van der Waals surface area contributed by atoms with Crippen LogP contribution in [-0.2, 0) is 9.96 Å². The molecule has 0 saturated carbocycles. The zero-order valence-electron chi connectivity index (χ0n) is 19.0. The predicted octanol–water partition coefficient (Wildman–Crippen LogP) is 5.09.